The second-order valence-electron chi connectivity index (χ2n) is 3.34. The van der Waals surface area contributed by atoms with E-state index >= 15 is 0 Å². The maximum absolute atomic E-state index is 9.60. The summed E-state index contributed by atoms with van der Waals surface area (Å²) in [5.41, 5.74) is 0. The van der Waals surface area contributed by atoms with Crippen molar-refractivity contribution in [1.29, 1.82) is 0 Å². The van der Waals surface area contributed by atoms with Crippen molar-refractivity contribution in [2.45, 2.75) is 16.2 Å². The highest BCUT2D eigenvalue weighted by molar-refractivity contribution is 8.00. The third kappa shape index (κ3) is 2.42. The Morgan fingerprint density at radius 3 is 2.57 bits per heavy atom. The van der Waals surface area contributed by atoms with E-state index in [1.54, 1.807) is 11.8 Å². The molecule has 2 nitrogen and oxygen atoms in total. The van der Waals surface area contributed by atoms with Crippen LogP contribution in [0.25, 0.3) is 0 Å². The summed E-state index contributed by atoms with van der Waals surface area (Å²) in [5, 5.41) is 13.8. The summed E-state index contributed by atoms with van der Waals surface area (Å²) >= 11 is 7.48. The molecule has 0 amide bonds. The van der Waals surface area contributed by atoms with Crippen molar-refractivity contribution < 1.29 is 5.11 Å². The lowest BCUT2D eigenvalue weighted by molar-refractivity contribution is 0.201. The molecule has 1 aromatic carbocycles. The number of aliphatic hydroxyl groups is 1. The van der Waals surface area contributed by atoms with Crippen molar-refractivity contribution in [1.82, 2.24) is 5.32 Å². The zero-order chi connectivity index (χ0) is 9.97. The molecule has 0 bridgehead atoms. The molecule has 1 heterocycles. The van der Waals surface area contributed by atoms with Crippen molar-refractivity contribution in [3.05, 3.63) is 29.3 Å². The first-order chi connectivity index (χ1) is 6.75. The Bertz CT molecular complexity index is 303. The highest BCUT2D eigenvalue weighted by atomic mass is 35.5. The number of aliphatic hydroxyl groups excluding tert-OH is 1. The van der Waals surface area contributed by atoms with E-state index in [0.717, 1.165) is 16.5 Å². The SMILES string of the molecule is OC1CNCC1Sc1ccc(Cl)cc1. The lowest BCUT2D eigenvalue weighted by atomic mass is 10.3. The second kappa shape index (κ2) is 4.53. The minimum Gasteiger partial charge on any atom is -0.391 e. The van der Waals surface area contributed by atoms with E-state index in [1.165, 1.54) is 0 Å². The first-order valence-electron chi connectivity index (χ1n) is 4.57. The lowest BCUT2D eigenvalue weighted by Gasteiger charge is -2.12. The Morgan fingerprint density at radius 1 is 1.29 bits per heavy atom. The number of nitrogens with one attached hydrogen (secondary N) is 1. The lowest BCUT2D eigenvalue weighted by Crippen LogP contribution is -2.19. The van der Waals surface area contributed by atoms with Crippen LogP contribution in [0.5, 0.6) is 0 Å². The summed E-state index contributed by atoms with van der Waals surface area (Å²) in [7, 11) is 0. The fourth-order valence-electron chi connectivity index (χ4n) is 1.45. The molecular weight excluding hydrogens is 218 g/mol. The standard InChI is InChI=1S/C10H12ClNOS/c11-7-1-3-8(4-2-7)14-10-6-12-5-9(10)13/h1-4,9-10,12-13H,5-6H2. The van der Waals surface area contributed by atoms with Crippen molar-refractivity contribution in [2.75, 3.05) is 13.1 Å². The van der Waals surface area contributed by atoms with E-state index in [1.807, 2.05) is 24.3 Å². The maximum Gasteiger partial charge on any atom is 0.0798 e. The predicted molar refractivity (Wildman–Crippen MR) is 60.0 cm³/mol. The third-order valence-corrected chi connectivity index (χ3v) is 3.81. The normalized spacial score (nSPS) is 26.7. The number of hydrogen-bond acceptors (Lipinski definition) is 3. The molecule has 1 aliphatic heterocycles. The van der Waals surface area contributed by atoms with Crippen LogP contribution in [-0.4, -0.2) is 29.5 Å². The molecule has 1 saturated heterocycles. The van der Waals surface area contributed by atoms with E-state index in [9.17, 15) is 5.11 Å². The highest BCUT2D eigenvalue weighted by Gasteiger charge is 2.25. The van der Waals surface area contributed by atoms with Crippen LogP contribution in [0.15, 0.2) is 29.2 Å². The minimum absolute atomic E-state index is 0.240. The molecule has 1 aromatic rings. The number of rotatable bonds is 2. The predicted octanol–water partition coefficient (Wildman–Crippen LogP) is 1.76. The van der Waals surface area contributed by atoms with Crippen LogP contribution in [-0.2, 0) is 0 Å². The summed E-state index contributed by atoms with van der Waals surface area (Å²) < 4.78 is 0. The molecule has 4 heteroatoms. The summed E-state index contributed by atoms with van der Waals surface area (Å²) in [5.74, 6) is 0. The number of thioether (sulfide) groups is 1. The Morgan fingerprint density at radius 2 is 2.00 bits per heavy atom. The largest absolute Gasteiger partial charge is 0.391 e. The average Bonchev–Trinajstić information content (AvgIpc) is 2.56. The van der Waals surface area contributed by atoms with E-state index in [-0.39, 0.29) is 11.4 Å². The molecule has 0 radical (unpaired) electrons. The molecule has 2 rings (SSSR count). The van der Waals surface area contributed by atoms with Crippen LogP contribution in [0.3, 0.4) is 0 Å². The molecule has 2 N–H and O–H groups in total. The van der Waals surface area contributed by atoms with E-state index in [2.05, 4.69) is 5.32 Å². The highest BCUT2D eigenvalue weighted by Crippen LogP contribution is 2.27. The Hall–Kier alpha value is -0.220. The zero-order valence-corrected chi connectivity index (χ0v) is 9.18. The van der Waals surface area contributed by atoms with Crippen LogP contribution >= 0.6 is 23.4 Å². The van der Waals surface area contributed by atoms with Gasteiger partial charge in [0.05, 0.1) is 6.10 Å². The van der Waals surface area contributed by atoms with Gasteiger partial charge >= 0.3 is 0 Å². The topological polar surface area (TPSA) is 32.3 Å². The van der Waals surface area contributed by atoms with Crippen molar-refractivity contribution in [3.63, 3.8) is 0 Å². The summed E-state index contributed by atoms with van der Waals surface area (Å²) in [6.07, 6.45) is -0.240. The first-order valence-corrected chi connectivity index (χ1v) is 5.82. The van der Waals surface area contributed by atoms with Crippen LogP contribution in [0, 0.1) is 0 Å². The Labute approximate surface area is 92.7 Å². The molecule has 0 saturated carbocycles. The maximum atomic E-state index is 9.60. The van der Waals surface area contributed by atoms with Crippen LogP contribution < -0.4 is 5.32 Å². The van der Waals surface area contributed by atoms with Gasteiger partial charge in [-0.2, -0.15) is 0 Å². The molecule has 0 spiro atoms. The Kier molecular flexibility index (Phi) is 3.34. The fourth-order valence-corrected chi connectivity index (χ4v) is 2.67. The molecule has 2 atom stereocenters. The second-order valence-corrected chi connectivity index (χ2v) is 5.08. The zero-order valence-electron chi connectivity index (χ0n) is 7.61. The molecule has 14 heavy (non-hydrogen) atoms. The number of benzene rings is 1. The van der Waals surface area contributed by atoms with Gasteiger partial charge in [-0.05, 0) is 24.3 Å². The minimum atomic E-state index is -0.240. The van der Waals surface area contributed by atoms with Gasteiger partial charge in [-0.1, -0.05) is 11.6 Å². The molecule has 0 aromatic heterocycles. The van der Waals surface area contributed by atoms with E-state index in [0.29, 0.717) is 6.54 Å². The molecule has 2 unspecified atom stereocenters. The smallest absolute Gasteiger partial charge is 0.0798 e. The van der Waals surface area contributed by atoms with Gasteiger partial charge in [0.25, 0.3) is 0 Å². The van der Waals surface area contributed by atoms with E-state index in [4.69, 9.17) is 11.6 Å². The summed E-state index contributed by atoms with van der Waals surface area (Å²) in [6, 6.07) is 7.72. The van der Waals surface area contributed by atoms with Gasteiger partial charge in [0.1, 0.15) is 0 Å². The van der Waals surface area contributed by atoms with Crippen molar-refractivity contribution >= 4 is 23.4 Å². The monoisotopic (exact) mass is 229 g/mol. The summed E-state index contributed by atoms with van der Waals surface area (Å²) in [6.45, 7) is 1.57. The van der Waals surface area contributed by atoms with Crippen LogP contribution in [0.1, 0.15) is 0 Å². The number of β-amino-alcohol motifs (C(OH)–C–C–N with tert-alkyl or cyclic N) is 1. The Balaban J connectivity index is 2.00. The number of hydrogen-bond donors (Lipinski definition) is 2. The van der Waals surface area contributed by atoms with Crippen molar-refractivity contribution in [3.8, 4) is 0 Å². The van der Waals surface area contributed by atoms with Gasteiger partial charge in [-0.15, -0.1) is 11.8 Å². The van der Waals surface area contributed by atoms with Gasteiger partial charge in [0, 0.05) is 28.3 Å². The molecular formula is C10H12ClNOS. The molecule has 1 aliphatic rings. The summed E-state index contributed by atoms with van der Waals surface area (Å²) in [4.78, 5) is 1.15. The molecule has 76 valence electrons. The quantitative estimate of drug-likeness (QED) is 0.811. The fraction of sp³-hybridized carbons (Fsp3) is 0.400. The van der Waals surface area contributed by atoms with E-state index < -0.39 is 0 Å². The third-order valence-electron chi connectivity index (χ3n) is 2.23. The molecule has 1 fully saturated rings. The van der Waals surface area contributed by atoms with Crippen LogP contribution in [0.4, 0.5) is 0 Å². The number of halogens is 1. The van der Waals surface area contributed by atoms with Gasteiger partial charge in [0.15, 0.2) is 0 Å². The average molecular weight is 230 g/mol. The van der Waals surface area contributed by atoms with Crippen molar-refractivity contribution in [2.24, 2.45) is 0 Å². The van der Waals surface area contributed by atoms with Crippen LogP contribution in [0.2, 0.25) is 5.02 Å². The molecule has 0 aliphatic carbocycles. The van der Waals surface area contributed by atoms with Gasteiger partial charge in [-0.3, -0.25) is 0 Å². The van der Waals surface area contributed by atoms with Gasteiger partial charge < -0.3 is 10.4 Å². The first kappa shape index (κ1) is 10.3. The van der Waals surface area contributed by atoms with Gasteiger partial charge in [0.2, 0.25) is 0 Å². The van der Waals surface area contributed by atoms with Gasteiger partial charge in [-0.25, -0.2) is 0 Å².